The van der Waals surface area contributed by atoms with Gasteiger partial charge in [0, 0.05) is 27.7 Å². The van der Waals surface area contributed by atoms with Gasteiger partial charge in [0.15, 0.2) is 0 Å². The van der Waals surface area contributed by atoms with Crippen molar-refractivity contribution in [3.8, 4) is 0 Å². The SMILES string of the molecule is CN(C)c1nc(Cl)nc(N(C)CC(C)(C)O)n1. The highest BCUT2D eigenvalue weighted by Gasteiger charge is 2.18. The Morgan fingerprint density at radius 1 is 1.12 bits per heavy atom. The Balaban J connectivity index is 2.97. The van der Waals surface area contributed by atoms with Crippen LogP contribution in [0, 0.1) is 0 Å². The molecule has 0 saturated carbocycles. The lowest BCUT2D eigenvalue weighted by molar-refractivity contribution is 0.0883. The fourth-order valence-corrected chi connectivity index (χ4v) is 1.50. The van der Waals surface area contributed by atoms with Crippen molar-refractivity contribution in [1.29, 1.82) is 0 Å². The van der Waals surface area contributed by atoms with Gasteiger partial charge in [0.25, 0.3) is 0 Å². The number of nitrogens with zero attached hydrogens (tertiary/aromatic N) is 5. The summed E-state index contributed by atoms with van der Waals surface area (Å²) in [6.45, 7) is 3.85. The molecule has 0 radical (unpaired) electrons. The first-order valence-corrected chi connectivity index (χ1v) is 5.59. The third-order valence-corrected chi connectivity index (χ3v) is 2.12. The van der Waals surface area contributed by atoms with E-state index < -0.39 is 5.60 Å². The van der Waals surface area contributed by atoms with Crippen LogP contribution in [0.3, 0.4) is 0 Å². The Kier molecular flexibility index (Phi) is 4.11. The maximum atomic E-state index is 9.74. The van der Waals surface area contributed by atoms with E-state index in [1.165, 1.54) is 0 Å². The number of hydrogen-bond acceptors (Lipinski definition) is 6. The third kappa shape index (κ3) is 4.32. The summed E-state index contributed by atoms with van der Waals surface area (Å²) in [7, 11) is 5.44. The molecule has 0 bridgehead atoms. The third-order valence-electron chi connectivity index (χ3n) is 1.95. The Labute approximate surface area is 106 Å². The fourth-order valence-electron chi connectivity index (χ4n) is 1.35. The van der Waals surface area contributed by atoms with E-state index in [1.54, 1.807) is 30.7 Å². The summed E-state index contributed by atoms with van der Waals surface area (Å²) in [5.74, 6) is 0.929. The second-order valence-electron chi connectivity index (χ2n) is 4.77. The van der Waals surface area contributed by atoms with E-state index in [4.69, 9.17) is 11.6 Å². The van der Waals surface area contributed by atoms with E-state index in [-0.39, 0.29) is 5.28 Å². The number of rotatable bonds is 4. The van der Waals surface area contributed by atoms with Crippen LogP contribution in [-0.2, 0) is 0 Å². The molecule has 1 aromatic rings. The van der Waals surface area contributed by atoms with Gasteiger partial charge in [-0.3, -0.25) is 0 Å². The predicted molar refractivity (Wildman–Crippen MR) is 68.7 cm³/mol. The normalized spacial score (nSPS) is 11.5. The molecule has 0 amide bonds. The number of aliphatic hydroxyl groups is 1. The molecule has 0 aliphatic carbocycles. The van der Waals surface area contributed by atoms with Crippen LogP contribution >= 0.6 is 11.6 Å². The topological polar surface area (TPSA) is 65.4 Å². The van der Waals surface area contributed by atoms with Crippen LogP contribution in [0.15, 0.2) is 0 Å². The second-order valence-corrected chi connectivity index (χ2v) is 5.11. The lowest BCUT2D eigenvalue weighted by Crippen LogP contribution is -2.37. The average molecular weight is 260 g/mol. The summed E-state index contributed by atoms with van der Waals surface area (Å²) >= 11 is 5.83. The first kappa shape index (κ1) is 13.9. The molecule has 1 rings (SSSR count). The van der Waals surface area contributed by atoms with Gasteiger partial charge in [0.05, 0.1) is 5.60 Å². The van der Waals surface area contributed by atoms with Crippen molar-refractivity contribution in [3.63, 3.8) is 0 Å². The first-order chi connectivity index (χ1) is 7.69. The molecule has 0 unspecified atom stereocenters. The zero-order valence-electron chi connectivity index (χ0n) is 10.8. The fraction of sp³-hybridized carbons (Fsp3) is 0.700. The average Bonchev–Trinajstić information content (AvgIpc) is 2.13. The van der Waals surface area contributed by atoms with Gasteiger partial charge in [0.1, 0.15) is 0 Å². The minimum Gasteiger partial charge on any atom is -0.389 e. The molecule has 0 saturated heterocycles. The molecule has 1 aromatic heterocycles. The number of halogens is 1. The largest absolute Gasteiger partial charge is 0.389 e. The molecule has 0 aliphatic rings. The van der Waals surface area contributed by atoms with E-state index in [0.717, 1.165) is 0 Å². The highest BCUT2D eigenvalue weighted by Crippen LogP contribution is 2.16. The Bertz CT molecular complexity index is 391. The first-order valence-electron chi connectivity index (χ1n) is 5.21. The summed E-state index contributed by atoms with van der Waals surface area (Å²) in [6.07, 6.45) is 0. The molecule has 0 atom stereocenters. The predicted octanol–water partition coefficient (Wildman–Crippen LogP) is 0.798. The molecule has 0 fully saturated rings. The zero-order chi connectivity index (χ0) is 13.2. The molecule has 1 N–H and O–H groups in total. The van der Waals surface area contributed by atoms with E-state index in [1.807, 2.05) is 14.1 Å². The van der Waals surface area contributed by atoms with Crippen molar-refractivity contribution in [2.45, 2.75) is 19.4 Å². The molecule has 96 valence electrons. The lowest BCUT2D eigenvalue weighted by atomic mass is 10.1. The van der Waals surface area contributed by atoms with Crippen LogP contribution in [0.5, 0.6) is 0 Å². The Morgan fingerprint density at radius 2 is 1.65 bits per heavy atom. The van der Waals surface area contributed by atoms with Gasteiger partial charge < -0.3 is 14.9 Å². The van der Waals surface area contributed by atoms with Gasteiger partial charge in [-0.05, 0) is 25.4 Å². The minimum atomic E-state index is -0.827. The molecule has 1 heterocycles. The van der Waals surface area contributed by atoms with E-state index in [0.29, 0.717) is 18.4 Å². The highest BCUT2D eigenvalue weighted by molar-refractivity contribution is 6.28. The highest BCUT2D eigenvalue weighted by atomic mass is 35.5. The van der Waals surface area contributed by atoms with Crippen LogP contribution in [0.4, 0.5) is 11.9 Å². The van der Waals surface area contributed by atoms with Gasteiger partial charge >= 0.3 is 0 Å². The van der Waals surface area contributed by atoms with Crippen molar-refractivity contribution < 1.29 is 5.11 Å². The number of hydrogen-bond donors (Lipinski definition) is 1. The van der Waals surface area contributed by atoms with Crippen molar-refractivity contribution in [3.05, 3.63) is 5.28 Å². The van der Waals surface area contributed by atoms with Crippen molar-refractivity contribution in [2.75, 3.05) is 37.5 Å². The molecule has 0 spiro atoms. The van der Waals surface area contributed by atoms with E-state index in [9.17, 15) is 5.11 Å². The van der Waals surface area contributed by atoms with Crippen LogP contribution in [0.25, 0.3) is 0 Å². The molecule has 7 heteroatoms. The molecule has 6 nitrogen and oxygen atoms in total. The quantitative estimate of drug-likeness (QED) is 0.863. The molecule has 0 aliphatic heterocycles. The van der Waals surface area contributed by atoms with Crippen LogP contribution < -0.4 is 9.80 Å². The molecule has 17 heavy (non-hydrogen) atoms. The van der Waals surface area contributed by atoms with Crippen LogP contribution in [0.2, 0.25) is 5.28 Å². The molecular weight excluding hydrogens is 242 g/mol. The lowest BCUT2D eigenvalue weighted by Gasteiger charge is -2.26. The zero-order valence-corrected chi connectivity index (χ0v) is 11.5. The van der Waals surface area contributed by atoms with Gasteiger partial charge in [-0.25, -0.2) is 0 Å². The van der Waals surface area contributed by atoms with Gasteiger partial charge in [-0.1, -0.05) is 0 Å². The number of likely N-dealkylation sites (N-methyl/N-ethyl adjacent to an activating group) is 1. The van der Waals surface area contributed by atoms with Gasteiger partial charge in [-0.15, -0.1) is 0 Å². The minimum absolute atomic E-state index is 0.140. The smallest absolute Gasteiger partial charge is 0.231 e. The summed E-state index contributed by atoms with van der Waals surface area (Å²) in [5, 5.41) is 9.88. The maximum absolute atomic E-state index is 9.74. The van der Waals surface area contributed by atoms with Crippen molar-refractivity contribution in [1.82, 2.24) is 15.0 Å². The second kappa shape index (κ2) is 5.01. The number of aromatic nitrogens is 3. The molecule has 0 aromatic carbocycles. The van der Waals surface area contributed by atoms with Crippen LogP contribution in [-0.4, -0.2) is 53.3 Å². The summed E-state index contributed by atoms with van der Waals surface area (Å²) < 4.78 is 0. The van der Waals surface area contributed by atoms with E-state index in [2.05, 4.69) is 15.0 Å². The maximum Gasteiger partial charge on any atom is 0.231 e. The van der Waals surface area contributed by atoms with Crippen molar-refractivity contribution >= 4 is 23.5 Å². The van der Waals surface area contributed by atoms with Crippen LogP contribution in [0.1, 0.15) is 13.8 Å². The Morgan fingerprint density at radius 3 is 2.12 bits per heavy atom. The summed E-state index contributed by atoms with van der Waals surface area (Å²) in [6, 6.07) is 0. The standard InChI is InChI=1S/C10H18ClN5O/c1-10(2,17)6-16(5)9-13-7(11)12-8(14-9)15(3)4/h17H,6H2,1-5H3. The van der Waals surface area contributed by atoms with Gasteiger partial charge in [0.2, 0.25) is 17.2 Å². The van der Waals surface area contributed by atoms with Crippen molar-refractivity contribution in [2.24, 2.45) is 0 Å². The summed E-state index contributed by atoms with van der Waals surface area (Å²) in [5.41, 5.74) is -0.827. The molecular formula is C10H18ClN5O. The summed E-state index contributed by atoms with van der Waals surface area (Å²) in [4.78, 5) is 15.8. The number of anilines is 2. The van der Waals surface area contributed by atoms with E-state index >= 15 is 0 Å². The van der Waals surface area contributed by atoms with Gasteiger partial charge in [-0.2, -0.15) is 15.0 Å². The Hall–Kier alpha value is -1.14. The monoisotopic (exact) mass is 259 g/mol.